The lowest BCUT2D eigenvalue weighted by Gasteiger charge is -2.33. The van der Waals surface area contributed by atoms with Crippen LogP contribution in [0.15, 0.2) is 18.2 Å². The molecular formula is C12H8ClF8NO2. The summed E-state index contributed by atoms with van der Waals surface area (Å²) in [7, 11) is 0. The molecule has 1 heterocycles. The van der Waals surface area contributed by atoms with Crippen molar-refractivity contribution in [1.29, 1.82) is 0 Å². The highest BCUT2D eigenvalue weighted by Crippen LogP contribution is 2.43. The second-order valence-corrected chi connectivity index (χ2v) is 4.71. The first-order valence-electron chi connectivity index (χ1n) is 5.92. The van der Waals surface area contributed by atoms with Crippen LogP contribution in [0.2, 0.25) is 0 Å². The monoisotopic (exact) mass is 385 g/mol. The zero-order valence-electron chi connectivity index (χ0n) is 11.3. The number of carbonyl (C=O) groups is 1. The van der Waals surface area contributed by atoms with Crippen molar-refractivity contribution in [1.82, 2.24) is 5.32 Å². The number of rotatable bonds is 1. The van der Waals surface area contributed by atoms with Crippen LogP contribution in [0.5, 0.6) is 0 Å². The van der Waals surface area contributed by atoms with Crippen LogP contribution in [-0.4, -0.2) is 18.6 Å². The van der Waals surface area contributed by atoms with Crippen molar-refractivity contribution in [3.05, 3.63) is 34.9 Å². The van der Waals surface area contributed by atoms with E-state index >= 15 is 0 Å². The highest BCUT2D eigenvalue weighted by Gasteiger charge is 2.50. The van der Waals surface area contributed by atoms with Gasteiger partial charge < -0.3 is 10.1 Å². The Morgan fingerprint density at radius 1 is 1.08 bits per heavy atom. The molecule has 1 fully saturated rings. The van der Waals surface area contributed by atoms with E-state index in [-0.39, 0.29) is 30.6 Å². The number of alkyl halides is 8. The van der Waals surface area contributed by atoms with Gasteiger partial charge in [0.15, 0.2) is 6.61 Å². The summed E-state index contributed by atoms with van der Waals surface area (Å²) in [5, 5.41) is 1.50. The Bertz CT molecular complexity index is 628. The molecule has 0 aliphatic carbocycles. The van der Waals surface area contributed by atoms with Gasteiger partial charge in [-0.1, -0.05) is 6.07 Å². The number of alkyl carbamates (subject to hydrolysis) is 1. The number of hydrogen-bond acceptors (Lipinski definition) is 2. The van der Waals surface area contributed by atoms with Gasteiger partial charge in [-0.2, -0.15) is 26.3 Å². The first kappa shape index (κ1) is 20.3. The average molecular weight is 386 g/mol. The van der Waals surface area contributed by atoms with Crippen molar-refractivity contribution >= 4 is 18.5 Å². The van der Waals surface area contributed by atoms with Crippen molar-refractivity contribution in [3.8, 4) is 0 Å². The molecule has 0 unspecified atom stereocenters. The average Bonchev–Trinajstić information content (AvgIpc) is 2.39. The maximum Gasteiger partial charge on any atom is 0.416 e. The second-order valence-electron chi connectivity index (χ2n) is 4.71. The van der Waals surface area contributed by atoms with Crippen LogP contribution in [0.3, 0.4) is 0 Å². The Morgan fingerprint density at radius 3 is 2.17 bits per heavy atom. The van der Waals surface area contributed by atoms with Crippen molar-refractivity contribution in [2.45, 2.75) is 24.3 Å². The number of nitrogens with one attached hydrogen (secondary N) is 1. The summed E-state index contributed by atoms with van der Waals surface area (Å²) in [5.74, 6) is -3.92. The highest BCUT2D eigenvalue weighted by molar-refractivity contribution is 5.85. The third-order valence-electron chi connectivity index (χ3n) is 3.08. The van der Waals surface area contributed by atoms with E-state index in [2.05, 4.69) is 4.74 Å². The van der Waals surface area contributed by atoms with Gasteiger partial charge in [0.1, 0.15) is 6.04 Å². The molecule has 136 valence electrons. The third kappa shape index (κ3) is 4.00. The predicted octanol–water partition coefficient (Wildman–Crippen LogP) is 4.56. The van der Waals surface area contributed by atoms with Crippen molar-refractivity contribution in [2.24, 2.45) is 0 Å². The van der Waals surface area contributed by atoms with Gasteiger partial charge >= 0.3 is 24.4 Å². The number of benzene rings is 1. The quantitative estimate of drug-likeness (QED) is 0.720. The molecule has 2 rings (SSSR count). The SMILES string of the molecule is Cl.O=C1N[C@@H](c2ccc(C(F)(F)F)cc2C(F)(F)F)C(F)(F)CO1. The molecule has 1 aromatic carbocycles. The zero-order valence-corrected chi connectivity index (χ0v) is 12.1. The molecule has 1 aromatic rings. The molecule has 1 N–H and O–H groups in total. The summed E-state index contributed by atoms with van der Waals surface area (Å²) in [5.41, 5.74) is -4.72. The van der Waals surface area contributed by atoms with Crippen molar-refractivity contribution in [3.63, 3.8) is 0 Å². The molecule has 1 amide bonds. The fourth-order valence-corrected chi connectivity index (χ4v) is 2.05. The fraction of sp³-hybridized carbons (Fsp3) is 0.417. The highest BCUT2D eigenvalue weighted by atomic mass is 35.5. The summed E-state index contributed by atoms with van der Waals surface area (Å²) < 4.78 is 108. The molecule has 0 saturated carbocycles. The Labute approximate surface area is 135 Å². The van der Waals surface area contributed by atoms with Crippen molar-refractivity contribution in [2.75, 3.05) is 6.61 Å². The minimum Gasteiger partial charge on any atom is -0.443 e. The number of cyclic esters (lactones) is 1. The van der Waals surface area contributed by atoms with E-state index in [0.29, 0.717) is 0 Å². The Kier molecular flexibility index (Phi) is 5.29. The largest absolute Gasteiger partial charge is 0.443 e. The van der Waals surface area contributed by atoms with E-state index in [9.17, 15) is 39.9 Å². The van der Waals surface area contributed by atoms with Crippen LogP contribution < -0.4 is 5.32 Å². The first-order valence-corrected chi connectivity index (χ1v) is 5.92. The van der Waals surface area contributed by atoms with Gasteiger partial charge in [0.25, 0.3) is 0 Å². The fourth-order valence-electron chi connectivity index (χ4n) is 2.05. The summed E-state index contributed by atoms with van der Waals surface area (Å²) in [4.78, 5) is 11.0. The summed E-state index contributed by atoms with van der Waals surface area (Å²) in [6.45, 7) is -1.48. The second kappa shape index (κ2) is 6.26. The first-order chi connectivity index (χ1) is 10.3. The van der Waals surface area contributed by atoms with Crippen LogP contribution in [0.25, 0.3) is 0 Å². The molecule has 1 atom stereocenters. The van der Waals surface area contributed by atoms with Crippen LogP contribution in [0.4, 0.5) is 39.9 Å². The van der Waals surface area contributed by atoms with Gasteiger partial charge in [0, 0.05) is 0 Å². The van der Waals surface area contributed by atoms with E-state index in [4.69, 9.17) is 0 Å². The molecule has 0 spiro atoms. The minimum absolute atomic E-state index is 0. The van der Waals surface area contributed by atoms with Gasteiger partial charge in [-0.05, 0) is 17.7 Å². The zero-order chi connectivity index (χ0) is 17.6. The number of ether oxygens (including phenoxy) is 1. The van der Waals surface area contributed by atoms with Crippen LogP contribution in [0.1, 0.15) is 22.7 Å². The lowest BCUT2D eigenvalue weighted by atomic mass is 9.93. The maximum atomic E-state index is 13.7. The molecule has 3 nitrogen and oxygen atoms in total. The van der Waals surface area contributed by atoms with Gasteiger partial charge in [0.05, 0.1) is 11.1 Å². The molecule has 1 aliphatic heterocycles. The predicted molar refractivity (Wildman–Crippen MR) is 65.9 cm³/mol. The molecular weight excluding hydrogens is 378 g/mol. The van der Waals surface area contributed by atoms with Gasteiger partial charge in [-0.15, -0.1) is 12.4 Å². The number of amides is 1. The minimum atomic E-state index is -5.32. The van der Waals surface area contributed by atoms with E-state index in [1.165, 1.54) is 5.32 Å². The lowest BCUT2D eigenvalue weighted by Crippen LogP contribution is -2.50. The van der Waals surface area contributed by atoms with Crippen LogP contribution >= 0.6 is 12.4 Å². The number of hydrogen-bond donors (Lipinski definition) is 1. The molecule has 1 aliphatic rings. The Hall–Kier alpha value is -1.78. The summed E-state index contributed by atoms with van der Waals surface area (Å²) in [6.07, 6.45) is -11.8. The van der Waals surface area contributed by atoms with E-state index < -0.39 is 53.7 Å². The van der Waals surface area contributed by atoms with Crippen molar-refractivity contribution < 1.29 is 44.7 Å². The van der Waals surface area contributed by atoms with Crippen LogP contribution in [-0.2, 0) is 17.1 Å². The van der Waals surface area contributed by atoms with Gasteiger partial charge in [-0.25, -0.2) is 13.6 Å². The van der Waals surface area contributed by atoms with Gasteiger partial charge in [0.2, 0.25) is 0 Å². The van der Waals surface area contributed by atoms with Gasteiger partial charge in [-0.3, -0.25) is 0 Å². The molecule has 24 heavy (non-hydrogen) atoms. The number of carbonyl (C=O) groups excluding carboxylic acids is 1. The smallest absolute Gasteiger partial charge is 0.416 e. The summed E-state index contributed by atoms with van der Waals surface area (Å²) in [6, 6.07) is -2.21. The van der Waals surface area contributed by atoms with E-state index in [0.717, 1.165) is 0 Å². The van der Waals surface area contributed by atoms with E-state index in [1.807, 2.05) is 0 Å². The normalized spacial score (nSPS) is 20.7. The third-order valence-corrected chi connectivity index (χ3v) is 3.08. The topological polar surface area (TPSA) is 38.3 Å². The Morgan fingerprint density at radius 2 is 1.67 bits per heavy atom. The summed E-state index contributed by atoms with van der Waals surface area (Å²) >= 11 is 0. The van der Waals surface area contributed by atoms with Crippen LogP contribution in [0, 0.1) is 0 Å². The maximum absolute atomic E-state index is 13.7. The number of halogens is 9. The molecule has 1 saturated heterocycles. The molecule has 0 aromatic heterocycles. The Balaban J connectivity index is 0.00000288. The molecule has 12 heteroatoms. The molecule has 0 radical (unpaired) electrons. The molecule has 0 bridgehead atoms. The van der Waals surface area contributed by atoms with E-state index in [1.54, 1.807) is 0 Å². The lowest BCUT2D eigenvalue weighted by molar-refractivity contribution is -0.145. The standard InChI is InChI=1S/C12H7F8NO2.ClH/c13-10(14)4-23-9(22)21-8(10)6-2-1-5(11(15,16)17)3-7(6)12(18,19)20;/h1-3,8H,4H2,(H,21,22);1H/t8-;/m0./s1.